The molecule has 0 aliphatic carbocycles. The number of carbonyl (C=O) groups is 2. The first-order valence-electron chi connectivity index (χ1n) is 6.54. The third-order valence-electron chi connectivity index (χ3n) is 3.53. The Morgan fingerprint density at radius 2 is 1.79 bits per heavy atom. The van der Waals surface area contributed by atoms with E-state index in [1.54, 1.807) is 6.92 Å². The number of piperazine rings is 1. The first kappa shape index (κ1) is 13.5. The van der Waals surface area contributed by atoms with Crippen LogP contribution < -0.4 is 15.5 Å². The van der Waals surface area contributed by atoms with E-state index in [4.69, 9.17) is 5.73 Å². The molecule has 5 nitrogen and oxygen atoms in total. The summed E-state index contributed by atoms with van der Waals surface area (Å²) in [6, 6.07) is 7.69. The number of nitrogens with one attached hydrogen (secondary N) is 1. The Balaban J connectivity index is 1.94. The van der Waals surface area contributed by atoms with Crippen LogP contribution >= 0.6 is 0 Å². The molecule has 0 unspecified atom stereocenters. The van der Waals surface area contributed by atoms with Crippen molar-refractivity contribution < 1.29 is 14.5 Å². The van der Waals surface area contributed by atoms with Gasteiger partial charge in [-0.25, -0.2) is 0 Å². The van der Waals surface area contributed by atoms with Crippen molar-refractivity contribution in [2.24, 2.45) is 5.73 Å². The van der Waals surface area contributed by atoms with Crippen LogP contribution in [0.3, 0.4) is 0 Å². The summed E-state index contributed by atoms with van der Waals surface area (Å²) >= 11 is 0. The lowest BCUT2D eigenvalue weighted by atomic mass is 10.1. The van der Waals surface area contributed by atoms with Gasteiger partial charge in [-0.15, -0.1) is 0 Å². The topological polar surface area (TPSA) is 67.8 Å². The van der Waals surface area contributed by atoms with Crippen molar-refractivity contribution in [2.75, 3.05) is 37.6 Å². The average molecular weight is 262 g/mol. The molecule has 1 amide bonds. The average Bonchev–Trinajstić information content (AvgIpc) is 2.39. The number of anilines is 1. The lowest BCUT2D eigenvalue weighted by Gasteiger charge is -2.33. The van der Waals surface area contributed by atoms with Crippen molar-refractivity contribution in [1.29, 1.82) is 0 Å². The largest absolute Gasteiger partial charge is 0.365 e. The van der Waals surface area contributed by atoms with Crippen LogP contribution in [0, 0.1) is 0 Å². The Bertz CT molecular complexity index is 462. The Hall–Kier alpha value is -1.88. The Morgan fingerprint density at radius 3 is 2.26 bits per heavy atom. The molecule has 3 N–H and O–H groups in total. The normalized spacial score (nSPS) is 16.4. The van der Waals surface area contributed by atoms with Crippen LogP contribution in [0.2, 0.25) is 0 Å². The zero-order valence-electron chi connectivity index (χ0n) is 11.2. The number of primary amides is 1. The van der Waals surface area contributed by atoms with Gasteiger partial charge in [-0.05, 0) is 31.2 Å². The predicted octanol–water partition coefficient (Wildman–Crippen LogP) is -0.921. The molecular weight excluding hydrogens is 242 g/mol. The fourth-order valence-corrected chi connectivity index (χ4v) is 2.41. The minimum absolute atomic E-state index is 0.0854. The van der Waals surface area contributed by atoms with Gasteiger partial charge in [0.25, 0.3) is 5.91 Å². The maximum Gasteiger partial charge on any atom is 0.272 e. The summed E-state index contributed by atoms with van der Waals surface area (Å²) in [7, 11) is 0. The highest BCUT2D eigenvalue weighted by molar-refractivity contribution is 5.94. The molecule has 1 fully saturated rings. The zero-order chi connectivity index (χ0) is 13.8. The maximum atomic E-state index is 11.2. The minimum atomic E-state index is -0.241. The van der Waals surface area contributed by atoms with Gasteiger partial charge >= 0.3 is 0 Å². The summed E-state index contributed by atoms with van der Waals surface area (Å²) in [5.41, 5.74) is 7.07. The Labute approximate surface area is 113 Å². The summed E-state index contributed by atoms with van der Waals surface area (Å²) in [5.74, 6) is -0.156. The molecule has 1 saturated heterocycles. The van der Waals surface area contributed by atoms with E-state index in [9.17, 15) is 9.59 Å². The van der Waals surface area contributed by atoms with Crippen molar-refractivity contribution in [2.45, 2.75) is 6.92 Å². The first-order chi connectivity index (χ1) is 9.06. The smallest absolute Gasteiger partial charge is 0.272 e. The fourth-order valence-electron chi connectivity index (χ4n) is 2.41. The molecule has 1 aliphatic heterocycles. The van der Waals surface area contributed by atoms with Crippen LogP contribution in [0.15, 0.2) is 24.3 Å². The van der Waals surface area contributed by atoms with Gasteiger partial charge in [-0.1, -0.05) is 0 Å². The number of benzene rings is 1. The predicted molar refractivity (Wildman–Crippen MR) is 73.4 cm³/mol. The third kappa shape index (κ3) is 3.54. The molecule has 0 radical (unpaired) electrons. The van der Waals surface area contributed by atoms with Gasteiger partial charge in [-0.2, -0.15) is 0 Å². The lowest BCUT2D eigenvalue weighted by molar-refractivity contribution is -0.892. The lowest BCUT2D eigenvalue weighted by Crippen LogP contribution is -3.15. The van der Waals surface area contributed by atoms with Crippen molar-refractivity contribution in [3.05, 3.63) is 29.8 Å². The summed E-state index contributed by atoms with van der Waals surface area (Å²) in [6.07, 6.45) is 0. The van der Waals surface area contributed by atoms with Crippen LogP contribution in [-0.2, 0) is 4.79 Å². The van der Waals surface area contributed by atoms with Crippen LogP contribution in [0.1, 0.15) is 17.3 Å². The van der Waals surface area contributed by atoms with E-state index in [0.29, 0.717) is 6.54 Å². The highest BCUT2D eigenvalue weighted by atomic mass is 16.1. The molecule has 0 atom stereocenters. The molecule has 2 rings (SSSR count). The second-order valence-corrected chi connectivity index (χ2v) is 4.98. The third-order valence-corrected chi connectivity index (χ3v) is 3.53. The van der Waals surface area contributed by atoms with Crippen LogP contribution in [0.25, 0.3) is 0 Å². The molecule has 0 spiro atoms. The number of nitrogens with zero attached hydrogens (tertiary/aromatic N) is 1. The number of rotatable bonds is 4. The molecule has 0 aromatic heterocycles. The molecular formula is C14H20N3O2+. The molecule has 5 heteroatoms. The van der Waals surface area contributed by atoms with Gasteiger partial charge in [0.2, 0.25) is 0 Å². The van der Waals surface area contributed by atoms with Gasteiger partial charge in [0.15, 0.2) is 12.3 Å². The van der Waals surface area contributed by atoms with E-state index in [-0.39, 0.29) is 11.7 Å². The number of quaternary nitrogens is 1. The van der Waals surface area contributed by atoms with Crippen molar-refractivity contribution in [1.82, 2.24) is 0 Å². The monoisotopic (exact) mass is 262 g/mol. The van der Waals surface area contributed by atoms with Gasteiger partial charge < -0.3 is 15.5 Å². The van der Waals surface area contributed by atoms with E-state index >= 15 is 0 Å². The summed E-state index contributed by atoms with van der Waals surface area (Å²) in [6.45, 7) is 5.62. The fraction of sp³-hybridized carbons (Fsp3) is 0.429. The van der Waals surface area contributed by atoms with E-state index in [2.05, 4.69) is 4.90 Å². The number of ketones is 1. The van der Waals surface area contributed by atoms with Crippen LogP contribution in [0.5, 0.6) is 0 Å². The van der Waals surface area contributed by atoms with E-state index < -0.39 is 0 Å². The zero-order valence-corrected chi connectivity index (χ0v) is 11.2. The van der Waals surface area contributed by atoms with E-state index in [1.165, 1.54) is 4.90 Å². The molecule has 102 valence electrons. The van der Waals surface area contributed by atoms with E-state index in [1.807, 2.05) is 24.3 Å². The maximum absolute atomic E-state index is 11.2. The number of hydrogen-bond acceptors (Lipinski definition) is 3. The van der Waals surface area contributed by atoms with Gasteiger partial charge in [-0.3, -0.25) is 9.59 Å². The SMILES string of the molecule is CC(=O)c1ccc(N2CC[NH+](CC(N)=O)CC2)cc1. The number of Topliss-reactive ketones (excluding diaryl/α,β-unsaturated/α-hetero) is 1. The quantitative estimate of drug-likeness (QED) is 0.690. The second kappa shape index (κ2) is 5.84. The molecule has 0 saturated carbocycles. The number of carbonyl (C=O) groups excluding carboxylic acids is 2. The standard InChI is InChI=1S/C14H19N3O2/c1-11(18)12-2-4-13(5-3-12)17-8-6-16(7-9-17)10-14(15)19/h2-5H,6-10H2,1H3,(H2,15,19)/p+1. The van der Waals surface area contributed by atoms with Crippen LogP contribution in [0.4, 0.5) is 5.69 Å². The minimum Gasteiger partial charge on any atom is -0.365 e. The molecule has 1 heterocycles. The van der Waals surface area contributed by atoms with E-state index in [0.717, 1.165) is 37.4 Å². The summed E-state index contributed by atoms with van der Waals surface area (Å²) in [5, 5.41) is 0. The highest BCUT2D eigenvalue weighted by Gasteiger charge is 2.21. The van der Waals surface area contributed by atoms with Gasteiger partial charge in [0, 0.05) is 11.3 Å². The van der Waals surface area contributed by atoms with Crippen LogP contribution in [-0.4, -0.2) is 44.4 Å². The highest BCUT2D eigenvalue weighted by Crippen LogP contribution is 2.15. The molecule has 1 aliphatic rings. The molecule has 1 aromatic rings. The van der Waals surface area contributed by atoms with Crippen molar-refractivity contribution >= 4 is 17.4 Å². The van der Waals surface area contributed by atoms with Crippen molar-refractivity contribution in [3.63, 3.8) is 0 Å². The summed E-state index contributed by atoms with van der Waals surface area (Å²) in [4.78, 5) is 25.6. The van der Waals surface area contributed by atoms with Gasteiger partial charge in [0.05, 0.1) is 26.2 Å². The second-order valence-electron chi connectivity index (χ2n) is 4.98. The van der Waals surface area contributed by atoms with Crippen molar-refractivity contribution in [3.8, 4) is 0 Å². The molecule has 19 heavy (non-hydrogen) atoms. The first-order valence-corrected chi connectivity index (χ1v) is 6.54. The number of amides is 1. The summed E-state index contributed by atoms with van der Waals surface area (Å²) < 4.78 is 0. The van der Waals surface area contributed by atoms with Gasteiger partial charge in [0.1, 0.15) is 0 Å². The number of hydrogen-bond donors (Lipinski definition) is 2. The number of nitrogens with two attached hydrogens (primary N) is 1. The Morgan fingerprint density at radius 1 is 1.21 bits per heavy atom. The molecule has 0 bridgehead atoms. The molecule has 1 aromatic carbocycles. The Kier molecular flexibility index (Phi) is 4.16.